The average Bonchev–Trinajstić information content (AvgIpc) is 2.38. The molecule has 0 amide bonds. The highest BCUT2D eigenvalue weighted by Crippen LogP contribution is 2.23. The van der Waals surface area contributed by atoms with Gasteiger partial charge < -0.3 is 15.2 Å². The monoisotopic (exact) mass is 257 g/mol. The molecular weight excluding hydrogens is 238 g/mol. The zero-order chi connectivity index (χ0) is 13.7. The maximum atomic E-state index is 5.87. The molecule has 3 heteroatoms. The summed E-state index contributed by atoms with van der Waals surface area (Å²) in [6, 6.07) is 17.2. The molecule has 0 fully saturated rings. The van der Waals surface area contributed by atoms with E-state index in [9.17, 15) is 0 Å². The molecule has 2 rings (SSSR count). The standard InChI is InChI=1S/C16H19NO2/c1-16(2,17)12-18-13-8-10-15(11-9-13)19-14-6-4-3-5-7-14/h3-11H,12,17H2,1-2H3. The second-order valence-corrected chi connectivity index (χ2v) is 5.16. The number of nitrogens with two attached hydrogens (primary N) is 1. The molecule has 3 nitrogen and oxygen atoms in total. The van der Waals surface area contributed by atoms with E-state index < -0.39 is 0 Å². The van der Waals surface area contributed by atoms with Crippen LogP contribution in [0.2, 0.25) is 0 Å². The van der Waals surface area contributed by atoms with Crippen molar-refractivity contribution in [3.05, 3.63) is 54.6 Å². The SMILES string of the molecule is CC(C)(N)COc1ccc(Oc2ccccc2)cc1. The fraction of sp³-hybridized carbons (Fsp3) is 0.250. The highest BCUT2D eigenvalue weighted by Gasteiger charge is 2.11. The molecule has 0 bridgehead atoms. The van der Waals surface area contributed by atoms with Crippen LogP contribution in [0.5, 0.6) is 17.2 Å². The van der Waals surface area contributed by atoms with E-state index in [4.69, 9.17) is 15.2 Å². The first-order valence-corrected chi connectivity index (χ1v) is 6.28. The van der Waals surface area contributed by atoms with Gasteiger partial charge in [0, 0.05) is 5.54 Å². The first kappa shape index (κ1) is 13.4. The van der Waals surface area contributed by atoms with Crippen LogP contribution in [0.15, 0.2) is 54.6 Å². The zero-order valence-electron chi connectivity index (χ0n) is 11.3. The molecule has 2 N–H and O–H groups in total. The highest BCUT2D eigenvalue weighted by molar-refractivity contribution is 5.35. The highest BCUT2D eigenvalue weighted by atomic mass is 16.5. The van der Waals surface area contributed by atoms with E-state index in [1.54, 1.807) is 0 Å². The lowest BCUT2D eigenvalue weighted by Crippen LogP contribution is -2.38. The van der Waals surface area contributed by atoms with E-state index in [1.165, 1.54) is 0 Å². The average molecular weight is 257 g/mol. The third-order valence-electron chi connectivity index (χ3n) is 2.41. The second-order valence-electron chi connectivity index (χ2n) is 5.16. The topological polar surface area (TPSA) is 44.5 Å². The largest absolute Gasteiger partial charge is 0.492 e. The Hall–Kier alpha value is -2.00. The predicted molar refractivity (Wildman–Crippen MR) is 76.7 cm³/mol. The molecule has 0 heterocycles. The fourth-order valence-electron chi connectivity index (χ4n) is 1.50. The lowest BCUT2D eigenvalue weighted by atomic mass is 10.1. The van der Waals surface area contributed by atoms with Crippen molar-refractivity contribution in [1.82, 2.24) is 0 Å². The molecule has 0 atom stereocenters. The first-order chi connectivity index (χ1) is 9.03. The van der Waals surface area contributed by atoms with Crippen molar-refractivity contribution in [2.45, 2.75) is 19.4 Å². The number of rotatable bonds is 5. The summed E-state index contributed by atoms with van der Waals surface area (Å²) in [5.41, 5.74) is 5.53. The zero-order valence-corrected chi connectivity index (χ0v) is 11.3. The Morgan fingerprint density at radius 3 is 1.95 bits per heavy atom. The van der Waals surface area contributed by atoms with Gasteiger partial charge in [-0.1, -0.05) is 18.2 Å². The van der Waals surface area contributed by atoms with Gasteiger partial charge in [0.1, 0.15) is 23.9 Å². The molecule has 0 radical (unpaired) electrons. The lowest BCUT2D eigenvalue weighted by Gasteiger charge is -2.19. The molecule has 0 saturated carbocycles. The van der Waals surface area contributed by atoms with Gasteiger partial charge in [0.05, 0.1) is 0 Å². The van der Waals surface area contributed by atoms with Crippen LogP contribution in [0.3, 0.4) is 0 Å². The Kier molecular flexibility index (Phi) is 4.07. The number of ether oxygens (including phenoxy) is 2. The first-order valence-electron chi connectivity index (χ1n) is 6.28. The van der Waals surface area contributed by atoms with Crippen LogP contribution in [0.25, 0.3) is 0 Å². The minimum absolute atomic E-state index is 0.334. The Balaban J connectivity index is 1.95. The van der Waals surface area contributed by atoms with Crippen molar-refractivity contribution in [3.8, 4) is 17.2 Å². The summed E-state index contributed by atoms with van der Waals surface area (Å²) in [4.78, 5) is 0. The maximum absolute atomic E-state index is 5.87. The third kappa shape index (κ3) is 4.64. The van der Waals surface area contributed by atoms with Gasteiger partial charge in [0.25, 0.3) is 0 Å². The predicted octanol–water partition coefficient (Wildman–Crippen LogP) is 3.60. The minimum Gasteiger partial charge on any atom is -0.492 e. The van der Waals surface area contributed by atoms with E-state index in [2.05, 4.69) is 0 Å². The number of hydrogen-bond donors (Lipinski definition) is 1. The summed E-state index contributed by atoms with van der Waals surface area (Å²) < 4.78 is 11.3. The minimum atomic E-state index is -0.334. The van der Waals surface area contributed by atoms with Crippen LogP contribution in [-0.4, -0.2) is 12.1 Å². The third-order valence-corrected chi connectivity index (χ3v) is 2.41. The quantitative estimate of drug-likeness (QED) is 0.890. The summed E-state index contributed by atoms with van der Waals surface area (Å²) in [6.45, 7) is 4.34. The van der Waals surface area contributed by atoms with Crippen LogP contribution in [0.4, 0.5) is 0 Å². The van der Waals surface area contributed by atoms with Crippen LogP contribution in [0.1, 0.15) is 13.8 Å². The van der Waals surface area contributed by atoms with E-state index in [-0.39, 0.29) is 5.54 Å². The summed E-state index contributed by atoms with van der Waals surface area (Å²) >= 11 is 0. The molecule has 2 aromatic rings. The van der Waals surface area contributed by atoms with Gasteiger partial charge >= 0.3 is 0 Å². The molecule has 2 aromatic carbocycles. The molecule has 100 valence electrons. The van der Waals surface area contributed by atoms with Crippen molar-refractivity contribution in [3.63, 3.8) is 0 Å². The van der Waals surface area contributed by atoms with Gasteiger partial charge in [0.2, 0.25) is 0 Å². The molecule has 0 unspecified atom stereocenters. The number of benzene rings is 2. The van der Waals surface area contributed by atoms with E-state index in [0.717, 1.165) is 17.2 Å². The summed E-state index contributed by atoms with van der Waals surface area (Å²) in [7, 11) is 0. The van der Waals surface area contributed by atoms with Crippen LogP contribution in [-0.2, 0) is 0 Å². The number of hydrogen-bond acceptors (Lipinski definition) is 3. The van der Waals surface area contributed by atoms with Crippen LogP contribution < -0.4 is 15.2 Å². The Morgan fingerprint density at radius 2 is 1.37 bits per heavy atom. The number of para-hydroxylation sites is 1. The second kappa shape index (κ2) is 5.76. The summed E-state index contributed by atoms with van der Waals surface area (Å²) in [6.07, 6.45) is 0. The molecule has 0 aliphatic carbocycles. The molecule has 0 aliphatic rings. The van der Waals surface area contributed by atoms with Gasteiger partial charge in [-0.05, 0) is 50.2 Å². The van der Waals surface area contributed by atoms with Crippen molar-refractivity contribution in [2.24, 2.45) is 5.73 Å². The molecule has 0 aliphatic heterocycles. The normalized spacial score (nSPS) is 11.1. The lowest BCUT2D eigenvalue weighted by molar-refractivity contribution is 0.243. The smallest absolute Gasteiger partial charge is 0.127 e. The van der Waals surface area contributed by atoms with Crippen LogP contribution in [0, 0.1) is 0 Å². The molecular formula is C16H19NO2. The van der Waals surface area contributed by atoms with Crippen LogP contribution >= 0.6 is 0 Å². The molecule has 19 heavy (non-hydrogen) atoms. The molecule has 0 spiro atoms. The van der Waals surface area contributed by atoms with Gasteiger partial charge in [-0.25, -0.2) is 0 Å². The van der Waals surface area contributed by atoms with Gasteiger partial charge in [-0.2, -0.15) is 0 Å². The maximum Gasteiger partial charge on any atom is 0.127 e. The van der Waals surface area contributed by atoms with Crippen molar-refractivity contribution < 1.29 is 9.47 Å². The summed E-state index contributed by atoms with van der Waals surface area (Å²) in [5, 5.41) is 0. The van der Waals surface area contributed by atoms with Crippen molar-refractivity contribution >= 4 is 0 Å². The van der Waals surface area contributed by atoms with Gasteiger partial charge in [-0.3, -0.25) is 0 Å². The van der Waals surface area contributed by atoms with Crippen molar-refractivity contribution in [2.75, 3.05) is 6.61 Å². The Bertz CT molecular complexity index is 501. The molecule has 0 aromatic heterocycles. The van der Waals surface area contributed by atoms with E-state index >= 15 is 0 Å². The molecule has 0 saturated heterocycles. The Labute approximate surface area is 114 Å². The van der Waals surface area contributed by atoms with Crippen molar-refractivity contribution in [1.29, 1.82) is 0 Å². The van der Waals surface area contributed by atoms with Gasteiger partial charge in [-0.15, -0.1) is 0 Å². The summed E-state index contributed by atoms with van der Waals surface area (Å²) in [5.74, 6) is 2.39. The van der Waals surface area contributed by atoms with E-state index in [0.29, 0.717) is 6.61 Å². The van der Waals surface area contributed by atoms with E-state index in [1.807, 2.05) is 68.4 Å². The fourth-order valence-corrected chi connectivity index (χ4v) is 1.50. The Morgan fingerprint density at radius 1 is 0.842 bits per heavy atom. The van der Waals surface area contributed by atoms with Gasteiger partial charge in [0.15, 0.2) is 0 Å².